The van der Waals surface area contributed by atoms with Crippen LogP contribution >= 0.6 is 11.6 Å². The van der Waals surface area contributed by atoms with E-state index < -0.39 is 23.7 Å². The largest absolute Gasteiger partial charge is 0.466 e. The summed E-state index contributed by atoms with van der Waals surface area (Å²) in [5.41, 5.74) is 1.33. The fraction of sp³-hybridized carbons (Fsp3) is 0.462. The highest BCUT2D eigenvalue weighted by molar-refractivity contribution is 6.30. The highest BCUT2D eigenvalue weighted by Gasteiger charge is 2.27. The standard InChI is InChI=1S/C26H33ClFNO5/c1-6-33-24(30)19(16-32-5)14-21(29-25(31)34-26(2,3)4)13-17-7-9-18(10-8-17)22-15-20(27)11-12-23(22)28/h7-12,15,19,21H,6,13-14,16H2,1-5H3,(H,29,31)/t19-,21+/m0/s1. The van der Waals surface area contributed by atoms with Crippen LogP contribution in [0.25, 0.3) is 11.1 Å². The Balaban J connectivity index is 2.23. The van der Waals surface area contributed by atoms with Crippen molar-refractivity contribution < 1.29 is 28.2 Å². The topological polar surface area (TPSA) is 73.9 Å². The third-order valence-electron chi connectivity index (χ3n) is 4.95. The maximum atomic E-state index is 14.2. The number of methoxy groups -OCH3 is 1. The van der Waals surface area contributed by atoms with Crippen molar-refractivity contribution in [2.75, 3.05) is 20.3 Å². The number of hydrogen-bond donors (Lipinski definition) is 1. The van der Waals surface area contributed by atoms with Crippen molar-refractivity contribution in [2.45, 2.75) is 52.2 Å². The molecule has 2 rings (SSSR count). The van der Waals surface area contributed by atoms with Crippen LogP contribution in [0.5, 0.6) is 0 Å². The second-order valence-corrected chi connectivity index (χ2v) is 9.44. The van der Waals surface area contributed by atoms with Gasteiger partial charge in [0.05, 0.1) is 19.1 Å². The van der Waals surface area contributed by atoms with Crippen molar-refractivity contribution in [3.8, 4) is 11.1 Å². The summed E-state index contributed by atoms with van der Waals surface area (Å²) in [5.74, 6) is -1.30. The van der Waals surface area contributed by atoms with Crippen LogP contribution in [-0.2, 0) is 25.4 Å². The summed E-state index contributed by atoms with van der Waals surface area (Å²) in [5, 5.41) is 3.32. The number of halogens is 2. The maximum absolute atomic E-state index is 14.2. The van der Waals surface area contributed by atoms with Crippen molar-refractivity contribution >= 4 is 23.7 Å². The summed E-state index contributed by atoms with van der Waals surface area (Å²) in [6, 6.07) is 11.3. The summed E-state index contributed by atoms with van der Waals surface area (Å²) in [7, 11) is 1.51. The summed E-state index contributed by atoms with van der Waals surface area (Å²) in [6.45, 7) is 7.50. The number of ether oxygens (including phenoxy) is 3. The van der Waals surface area contributed by atoms with E-state index >= 15 is 0 Å². The molecule has 2 aromatic rings. The Labute approximate surface area is 205 Å². The van der Waals surface area contributed by atoms with Crippen LogP contribution in [0.2, 0.25) is 5.02 Å². The Hall–Kier alpha value is -2.64. The summed E-state index contributed by atoms with van der Waals surface area (Å²) in [4.78, 5) is 24.9. The van der Waals surface area contributed by atoms with Gasteiger partial charge in [0, 0.05) is 23.7 Å². The molecule has 0 aromatic heterocycles. The van der Waals surface area contributed by atoms with Crippen molar-refractivity contribution in [1.82, 2.24) is 5.32 Å². The Morgan fingerprint density at radius 3 is 2.38 bits per heavy atom. The van der Waals surface area contributed by atoms with Crippen LogP contribution in [0.1, 0.15) is 39.7 Å². The zero-order valence-electron chi connectivity index (χ0n) is 20.3. The van der Waals surface area contributed by atoms with Gasteiger partial charge in [-0.1, -0.05) is 35.9 Å². The number of nitrogens with one attached hydrogen (secondary N) is 1. The van der Waals surface area contributed by atoms with E-state index in [1.165, 1.54) is 19.2 Å². The molecule has 0 fully saturated rings. The lowest BCUT2D eigenvalue weighted by Gasteiger charge is -2.26. The molecule has 0 aliphatic heterocycles. The SMILES string of the molecule is CCOC(=O)[C@H](COC)C[C@@H](Cc1ccc(-c2cc(Cl)ccc2F)cc1)NC(=O)OC(C)(C)C. The summed E-state index contributed by atoms with van der Waals surface area (Å²) < 4.78 is 30.0. The van der Waals surface area contributed by atoms with Crippen molar-refractivity contribution in [3.63, 3.8) is 0 Å². The third kappa shape index (κ3) is 8.95. The van der Waals surface area contributed by atoms with Crippen LogP contribution in [-0.4, -0.2) is 44.0 Å². The lowest BCUT2D eigenvalue weighted by molar-refractivity contribution is -0.150. The zero-order chi connectivity index (χ0) is 25.3. The average Bonchev–Trinajstić information content (AvgIpc) is 2.74. The number of hydrogen-bond acceptors (Lipinski definition) is 5. The second kappa shape index (κ2) is 12.7. The number of alkyl carbamates (subject to hydrolysis) is 1. The zero-order valence-corrected chi connectivity index (χ0v) is 21.1. The van der Waals surface area contributed by atoms with E-state index in [-0.39, 0.29) is 25.0 Å². The number of benzene rings is 2. The van der Waals surface area contributed by atoms with Crippen LogP contribution in [0.15, 0.2) is 42.5 Å². The van der Waals surface area contributed by atoms with Crippen LogP contribution in [0.3, 0.4) is 0 Å². The van der Waals surface area contributed by atoms with Crippen LogP contribution in [0.4, 0.5) is 9.18 Å². The first-order valence-corrected chi connectivity index (χ1v) is 11.6. The molecule has 0 unspecified atom stereocenters. The Kier molecular flexibility index (Phi) is 10.3. The van der Waals surface area contributed by atoms with E-state index in [4.69, 9.17) is 25.8 Å². The van der Waals surface area contributed by atoms with Gasteiger partial charge < -0.3 is 19.5 Å². The van der Waals surface area contributed by atoms with E-state index in [0.29, 0.717) is 29.0 Å². The van der Waals surface area contributed by atoms with Gasteiger partial charge >= 0.3 is 12.1 Å². The number of amides is 1. The van der Waals surface area contributed by atoms with Crippen molar-refractivity contribution in [1.29, 1.82) is 0 Å². The monoisotopic (exact) mass is 493 g/mol. The second-order valence-electron chi connectivity index (χ2n) is 9.01. The van der Waals surface area contributed by atoms with E-state index in [9.17, 15) is 14.0 Å². The van der Waals surface area contributed by atoms with Crippen molar-refractivity contribution in [2.24, 2.45) is 5.92 Å². The van der Waals surface area contributed by atoms with Gasteiger partial charge in [0.2, 0.25) is 0 Å². The van der Waals surface area contributed by atoms with Gasteiger partial charge in [-0.25, -0.2) is 9.18 Å². The number of rotatable bonds is 10. The summed E-state index contributed by atoms with van der Waals surface area (Å²) >= 11 is 6.02. The molecule has 6 nitrogen and oxygen atoms in total. The molecular formula is C26H33ClFNO5. The van der Waals surface area contributed by atoms with E-state index in [1.54, 1.807) is 45.9 Å². The van der Waals surface area contributed by atoms with E-state index in [0.717, 1.165) is 5.56 Å². The van der Waals surface area contributed by atoms with Gasteiger partial charge in [0.1, 0.15) is 11.4 Å². The number of carbonyl (C=O) groups is 2. The number of esters is 1. The molecule has 2 aromatic carbocycles. The molecule has 34 heavy (non-hydrogen) atoms. The van der Waals surface area contributed by atoms with Gasteiger partial charge in [-0.05, 0) is 69.9 Å². The van der Waals surface area contributed by atoms with E-state index in [2.05, 4.69) is 5.32 Å². The molecule has 0 heterocycles. The van der Waals surface area contributed by atoms with Gasteiger partial charge in [0.25, 0.3) is 0 Å². The quantitative estimate of drug-likeness (QED) is 0.423. The molecule has 1 N–H and O–H groups in total. The first-order valence-electron chi connectivity index (χ1n) is 11.2. The molecule has 2 atom stereocenters. The lowest BCUT2D eigenvalue weighted by atomic mass is 9.94. The Morgan fingerprint density at radius 2 is 1.79 bits per heavy atom. The normalized spacial score (nSPS) is 13.1. The minimum absolute atomic E-state index is 0.165. The highest BCUT2D eigenvalue weighted by Crippen LogP contribution is 2.27. The predicted molar refractivity (Wildman–Crippen MR) is 130 cm³/mol. The van der Waals surface area contributed by atoms with Crippen molar-refractivity contribution in [3.05, 3.63) is 58.9 Å². The molecule has 1 amide bonds. The third-order valence-corrected chi connectivity index (χ3v) is 5.19. The molecule has 0 spiro atoms. The Morgan fingerprint density at radius 1 is 1.12 bits per heavy atom. The minimum Gasteiger partial charge on any atom is -0.466 e. The first kappa shape index (κ1) is 27.6. The molecule has 0 saturated carbocycles. The molecular weight excluding hydrogens is 461 g/mol. The lowest BCUT2D eigenvalue weighted by Crippen LogP contribution is -2.42. The molecule has 0 bridgehead atoms. The molecule has 0 aliphatic rings. The van der Waals surface area contributed by atoms with Gasteiger partial charge in [-0.3, -0.25) is 4.79 Å². The highest BCUT2D eigenvalue weighted by atomic mass is 35.5. The maximum Gasteiger partial charge on any atom is 0.407 e. The van der Waals surface area contributed by atoms with Gasteiger partial charge in [-0.15, -0.1) is 0 Å². The minimum atomic E-state index is -0.662. The van der Waals surface area contributed by atoms with Gasteiger partial charge in [-0.2, -0.15) is 0 Å². The summed E-state index contributed by atoms with van der Waals surface area (Å²) in [6.07, 6.45) is 0.156. The van der Waals surface area contributed by atoms with Gasteiger partial charge in [0.15, 0.2) is 0 Å². The van der Waals surface area contributed by atoms with E-state index in [1.807, 2.05) is 12.1 Å². The first-order chi connectivity index (χ1) is 16.0. The predicted octanol–water partition coefficient (Wildman–Crippen LogP) is 5.80. The van der Waals surface area contributed by atoms with Crippen LogP contribution in [0, 0.1) is 11.7 Å². The smallest absolute Gasteiger partial charge is 0.407 e. The fourth-order valence-corrected chi connectivity index (χ4v) is 3.70. The Bertz CT molecular complexity index is 959. The van der Waals surface area contributed by atoms with Crippen LogP contribution < -0.4 is 5.32 Å². The fourth-order valence-electron chi connectivity index (χ4n) is 3.53. The molecule has 8 heteroatoms. The average molecular weight is 494 g/mol. The number of carbonyl (C=O) groups excluding carboxylic acids is 2. The molecule has 186 valence electrons. The molecule has 0 radical (unpaired) electrons. The molecule has 0 saturated heterocycles. The molecule has 0 aliphatic carbocycles.